The van der Waals surface area contributed by atoms with Crippen molar-refractivity contribution in [2.75, 3.05) is 6.61 Å². The molecule has 0 amide bonds. The van der Waals surface area contributed by atoms with Crippen LogP contribution in [0.4, 0.5) is 0 Å². The lowest BCUT2D eigenvalue weighted by Crippen LogP contribution is -2.18. The molecule has 2 aromatic carbocycles. The quantitative estimate of drug-likeness (QED) is 0.675. The zero-order valence-electron chi connectivity index (χ0n) is 12.2. The molecular formula is C18H18Cl2O. The normalized spacial score (nSPS) is 17.1. The summed E-state index contributed by atoms with van der Waals surface area (Å²) in [7, 11) is 0. The molecule has 3 rings (SSSR count). The second-order valence-corrected chi connectivity index (χ2v) is 7.19. The molecule has 1 aliphatic rings. The predicted octanol–water partition coefficient (Wildman–Crippen LogP) is 5.53. The van der Waals surface area contributed by atoms with E-state index >= 15 is 0 Å². The molecule has 0 bridgehead atoms. The number of rotatable bonds is 3. The average molecular weight is 321 g/mol. The first-order chi connectivity index (χ1) is 9.95. The molecule has 1 heterocycles. The van der Waals surface area contributed by atoms with Gasteiger partial charge in [-0.1, -0.05) is 43.6 Å². The molecule has 1 nitrogen and oxygen atoms in total. The molecule has 0 spiro atoms. The van der Waals surface area contributed by atoms with Gasteiger partial charge in [-0.15, -0.1) is 11.6 Å². The lowest BCUT2D eigenvalue weighted by molar-refractivity contribution is 0.291. The van der Waals surface area contributed by atoms with Crippen LogP contribution in [0.5, 0.6) is 5.75 Å². The van der Waals surface area contributed by atoms with Gasteiger partial charge in [0.1, 0.15) is 5.75 Å². The molecule has 1 unspecified atom stereocenters. The van der Waals surface area contributed by atoms with Crippen LogP contribution < -0.4 is 4.74 Å². The Morgan fingerprint density at radius 2 is 1.86 bits per heavy atom. The average Bonchev–Trinajstić information content (AvgIpc) is 2.77. The first-order valence-electron chi connectivity index (χ1n) is 7.11. The molecular weight excluding hydrogens is 303 g/mol. The maximum absolute atomic E-state index is 6.60. The fraction of sp³-hybridized carbons (Fsp3) is 0.333. The summed E-state index contributed by atoms with van der Waals surface area (Å²) in [5.74, 6) is 0.985. The van der Waals surface area contributed by atoms with Gasteiger partial charge in [-0.3, -0.25) is 0 Å². The van der Waals surface area contributed by atoms with Crippen molar-refractivity contribution < 1.29 is 4.74 Å². The van der Waals surface area contributed by atoms with Gasteiger partial charge in [-0.2, -0.15) is 0 Å². The second-order valence-electron chi connectivity index (χ2n) is 6.23. The third-order valence-corrected chi connectivity index (χ3v) is 4.67. The van der Waals surface area contributed by atoms with Crippen LogP contribution in [0.2, 0.25) is 5.02 Å². The second kappa shape index (κ2) is 5.55. The number of benzene rings is 2. The first-order valence-corrected chi connectivity index (χ1v) is 7.93. The van der Waals surface area contributed by atoms with E-state index in [1.807, 2.05) is 30.3 Å². The molecule has 1 atom stereocenters. The van der Waals surface area contributed by atoms with Crippen LogP contribution in [0.1, 0.15) is 35.9 Å². The van der Waals surface area contributed by atoms with Gasteiger partial charge in [0.15, 0.2) is 0 Å². The van der Waals surface area contributed by atoms with E-state index in [1.165, 1.54) is 11.1 Å². The van der Waals surface area contributed by atoms with E-state index in [2.05, 4.69) is 26.0 Å². The number of alkyl halides is 1. The van der Waals surface area contributed by atoms with E-state index in [1.54, 1.807) is 0 Å². The monoisotopic (exact) mass is 320 g/mol. The van der Waals surface area contributed by atoms with E-state index in [-0.39, 0.29) is 10.8 Å². The maximum atomic E-state index is 6.60. The lowest BCUT2D eigenvalue weighted by Gasteiger charge is -2.17. The highest BCUT2D eigenvalue weighted by Gasteiger charge is 2.32. The number of fused-ring (bicyclic) bond motifs is 1. The molecule has 0 N–H and O–H groups in total. The van der Waals surface area contributed by atoms with Crippen molar-refractivity contribution in [1.82, 2.24) is 0 Å². The Kier molecular flexibility index (Phi) is 3.90. The highest BCUT2D eigenvalue weighted by Crippen LogP contribution is 2.40. The number of ether oxygens (including phenoxy) is 1. The van der Waals surface area contributed by atoms with Crippen LogP contribution in [0.3, 0.4) is 0 Å². The minimum absolute atomic E-state index is 0.0483. The molecule has 0 radical (unpaired) electrons. The summed E-state index contributed by atoms with van der Waals surface area (Å²) in [6, 6.07) is 14.1. The Labute approximate surface area is 135 Å². The van der Waals surface area contributed by atoms with Crippen molar-refractivity contribution in [2.24, 2.45) is 0 Å². The van der Waals surface area contributed by atoms with Crippen molar-refractivity contribution in [2.45, 2.75) is 31.1 Å². The van der Waals surface area contributed by atoms with Gasteiger partial charge >= 0.3 is 0 Å². The summed E-state index contributed by atoms with van der Waals surface area (Å²) in [6.07, 6.45) is 0.790. The van der Waals surface area contributed by atoms with Crippen molar-refractivity contribution in [3.05, 3.63) is 64.2 Å². The maximum Gasteiger partial charge on any atom is 0.123 e. The third kappa shape index (κ3) is 3.04. The molecule has 21 heavy (non-hydrogen) atoms. The summed E-state index contributed by atoms with van der Waals surface area (Å²) in [4.78, 5) is 0. The van der Waals surface area contributed by atoms with Gasteiger partial charge in [-0.25, -0.2) is 0 Å². The van der Waals surface area contributed by atoms with Crippen LogP contribution in [0.25, 0.3) is 0 Å². The molecule has 0 aromatic heterocycles. The Morgan fingerprint density at radius 1 is 1.14 bits per heavy atom. The standard InChI is InChI=1S/C18H18Cl2O/c1-18(2)11-21-17-8-5-13(10-15(17)18)16(20)9-12-3-6-14(19)7-4-12/h3-8,10,16H,9,11H2,1-2H3. The highest BCUT2D eigenvalue weighted by molar-refractivity contribution is 6.30. The molecule has 2 aromatic rings. The zero-order valence-corrected chi connectivity index (χ0v) is 13.7. The van der Waals surface area contributed by atoms with Gasteiger partial charge in [0.2, 0.25) is 0 Å². The first kappa shape index (κ1) is 14.7. The van der Waals surface area contributed by atoms with Gasteiger partial charge in [0, 0.05) is 16.0 Å². The summed E-state index contributed by atoms with van der Waals surface area (Å²) >= 11 is 12.5. The van der Waals surface area contributed by atoms with Crippen molar-refractivity contribution in [3.63, 3.8) is 0 Å². The zero-order chi connectivity index (χ0) is 15.0. The molecule has 3 heteroatoms. The van der Waals surface area contributed by atoms with Crippen LogP contribution in [0.15, 0.2) is 42.5 Å². The molecule has 110 valence electrons. The summed E-state index contributed by atoms with van der Waals surface area (Å²) in [6.45, 7) is 5.13. The minimum atomic E-state index is -0.0483. The van der Waals surface area contributed by atoms with E-state index in [4.69, 9.17) is 27.9 Å². The van der Waals surface area contributed by atoms with Crippen molar-refractivity contribution in [1.29, 1.82) is 0 Å². The van der Waals surface area contributed by atoms with Crippen LogP contribution in [-0.2, 0) is 11.8 Å². The third-order valence-electron chi connectivity index (χ3n) is 4.01. The number of hydrogen-bond donors (Lipinski definition) is 0. The smallest absolute Gasteiger partial charge is 0.123 e. The predicted molar refractivity (Wildman–Crippen MR) is 88.7 cm³/mol. The van der Waals surface area contributed by atoms with Gasteiger partial charge in [0.05, 0.1) is 12.0 Å². The van der Waals surface area contributed by atoms with Crippen LogP contribution >= 0.6 is 23.2 Å². The molecule has 0 saturated carbocycles. The Morgan fingerprint density at radius 3 is 2.57 bits per heavy atom. The fourth-order valence-corrected chi connectivity index (χ4v) is 3.12. The van der Waals surface area contributed by atoms with Crippen molar-refractivity contribution in [3.8, 4) is 5.75 Å². The number of hydrogen-bond acceptors (Lipinski definition) is 1. The summed E-state index contributed by atoms with van der Waals surface area (Å²) in [5.41, 5.74) is 3.64. The highest BCUT2D eigenvalue weighted by atomic mass is 35.5. The topological polar surface area (TPSA) is 9.23 Å². The summed E-state index contributed by atoms with van der Waals surface area (Å²) < 4.78 is 5.72. The molecule has 0 fully saturated rings. The van der Waals surface area contributed by atoms with Gasteiger partial charge in [0.25, 0.3) is 0 Å². The van der Waals surface area contributed by atoms with E-state index in [0.29, 0.717) is 0 Å². The molecule has 0 aliphatic carbocycles. The Balaban J connectivity index is 1.82. The van der Waals surface area contributed by atoms with Crippen LogP contribution in [0, 0.1) is 0 Å². The van der Waals surface area contributed by atoms with Crippen molar-refractivity contribution >= 4 is 23.2 Å². The van der Waals surface area contributed by atoms with Gasteiger partial charge < -0.3 is 4.74 Å². The van der Waals surface area contributed by atoms with Crippen LogP contribution in [-0.4, -0.2) is 6.61 Å². The SMILES string of the molecule is CC1(C)COc2ccc(C(Cl)Cc3ccc(Cl)cc3)cc21. The molecule has 1 aliphatic heterocycles. The fourth-order valence-electron chi connectivity index (χ4n) is 2.68. The minimum Gasteiger partial charge on any atom is -0.492 e. The van der Waals surface area contributed by atoms with E-state index < -0.39 is 0 Å². The van der Waals surface area contributed by atoms with E-state index in [9.17, 15) is 0 Å². The number of halogens is 2. The largest absolute Gasteiger partial charge is 0.492 e. The Hall–Kier alpha value is -1.18. The van der Waals surface area contributed by atoms with Gasteiger partial charge in [-0.05, 0) is 41.8 Å². The molecule has 0 saturated heterocycles. The lowest BCUT2D eigenvalue weighted by atomic mass is 9.85. The Bertz CT molecular complexity index is 647. The summed E-state index contributed by atoms with van der Waals surface area (Å²) in [5, 5.41) is 0.703. The van der Waals surface area contributed by atoms with E-state index in [0.717, 1.165) is 29.4 Å².